The van der Waals surface area contributed by atoms with Gasteiger partial charge < -0.3 is 5.73 Å². The van der Waals surface area contributed by atoms with Gasteiger partial charge in [0.1, 0.15) is 5.82 Å². The van der Waals surface area contributed by atoms with Crippen LogP contribution in [-0.4, -0.2) is 4.98 Å². The number of halogens is 1. The molecule has 20 heavy (non-hydrogen) atoms. The van der Waals surface area contributed by atoms with Crippen molar-refractivity contribution >= 4 is 10.9 Å². The quantitative estimate of drug-likeness (QED) is 0.759. The molecule has 0 bridgehead atoms. The first-order chi connectivity index (χ1) is 9.65. The van der Waals surface area contributed by atoms with Gasteiger partial charge in [-0.25, -0.2) is 4.39 Å². The van der Waals surface area contributed by atoms with Crippen LogP contribution in [0.2, 0.25) is 0 Å². The summed E-state index contributed by atoms with van der Waals surface area (Å²) in [6.45, 7) is 1.88. The Bertz CT molecular complexity index is 766. The van der Waals surface area contributed by atoms with Crippen molar-refractivity contribution < 1.29 is 4.39 Å². The fourth-order valence-electron chi connectivity index (χ4n) is 2.27. The van der Waals surface area contributed by atoms with E-state index < -0.39 is 0 Å². The van der Waals surface area contributed by atoms with Gasteiger partial charge in [0, 0.05) is 28.8 Å². The minimum absolute atomic E-state index is 0.122. The van der Waals surface area contributed by atoms with Gasteiger partial charge in [-0.1, -0.05) is 24.3 Å². The van der Waals surface area contributed by atoms with Crippen molar-refractivity contribution in [2.24, 2.45) is 5.73 Å². The monoisotopic (exact) mass is 266 g/mol. The third kappa shape index (κ3) is 2.28. The SMILES string of the molecule is CC(N)c1ccc(F)c(-c2cnc3ccccc3c2)c1. The molecule has 100 valence electrons. The highest BCUT2D eigenvalue weighted by Gasteiger charge is 2.09. The van der Waals surface area contributed by atoms with Gasteiger partial charge in [-0.3, -0.25) is 4.98 Å². The van der Waals surface area contributed by atoms with Crippen LogP contribution in [0.3, 0.4) is 0 Å². The van der Waals surface area contributed by atoms with Crippen LogP contribution in [-0.2, 0) is 0 Å². The number of nitrogens with zero attached hydrogens (tertiary/aromatic N) is 1. The lowest BCUT2D eigenvalue weighted by Crippen LogP contribution is -2.05. The Hall–Kier alpha value is -2.26. The van der Waals surface area contributed by atoms with Crippen LogP contribution < -0.4 is 5.73 Å². The molecule has 2 nitrogen and oxygen atoms in total. The van der Waals surface area contributed by atoms with E-state index in [1.807, 2.05) is 37.3 Å². The fourth-order valence-corrected chi connectivity index (χ4v) is 2.27. The molecule has 1 unspecified atom stereocenters. The Morgan fingerprint density at radius 3 is 2.70 bits per heavy atom. The van der Waals surface area contributed by atoms with Crippen LogP contribution in [0.4, 0.5) is 4.39 Å². The molecule has 0 spiro atoms. The Labute approximate surface area is 117 Å². The highest BCUT2D eigenvalue weighted by Crippen LogP contribution is 2.27. The smallest absolute Gasteiger partial charge is 0.131 e. The van der Waals surface area contributed by atoms with E-state index in [0.717, 1.165) is 22.0 Å². The van der Waals surface area contributed by atoms with E-state index in [2.05, 4.69) is 4.98 Å². The van der Waals surface area contributed by atoms with Crippen LogP contribution in [0.25, 0.3) is 22.0 Å². The molecule has 0 aliphatic carbocycles. The van der Waals surface area contributed by atoms with E-state index in [0.29, 0.717) is 5.56 Å². The van der Waals surface area contributed by atoms with Crippen molar-refractivity contribution in [2.75, 3.05) is 0 Å². The van der Waals surface area contributed by atoms with Gasteiger partial charge in [0.15, 0.2) is 0 Å². The lowest BCUT2D eigenvalue weighted by atomic mass is 10.00. The fraction of sp³-hybridized carbons (Fsp3) is 0.118. The van der Waals surface area contributed by atoms with Crippen molar-refractivity contribution in [3.8, 4) is 11.1 Å². The first-order valence-corrected chi connectivity index (χ1v) is 6.55. The highest BCUT2D eigenvalue weighted by atomic mass is 19.1. The molecule has 1 heterocycles. The van der Waals surface area contributed by atoms with Gasteiger partial charge in [-0.15, -0.1) is 0 Å². The summed E-state index contributed by atoms with van der Waals surface area (Å²) in [6.07, 6.45) is 1.70. The Balaban J connectivity index is 2.17. The molecule has 0 amide bonds. The molecular formula is C17H15FN2. The zero-order chi connectivity index (χ0) is 14.1. The maximum atomic E-state index is 14.1. The summed E-state index contributed by atoms with van der Waals surface area (Å²) in [6, 6.07) is 14.6. The number of para-hydroxylation sites is 1. The van der Waals surface area contributed by atoms with Gasteiger partial charge in [-0.2, -0.15) is 0 Å². The van der Waals surface area contributed by atoms with Crippen molar-refractivity contribution in [3.63, 3.8) is 0 Å². The second-order valence-electron chi connectivity index (χ2n) is 4.94. The summed E-state index contributed by atoms with van der Waals surface area (Å²) in [5.41, 5.74) is 8.98. The van der Waals surface area contributed by atoms with Gasteiger partial charge in [-0.05, 0) is 36.8 Å². The molecule has 0 aliphatic rings. The van der Waals surface area contributed by atoms with E-state index in [1.165, 1.54) is 6.07 Å². The first kappa shape index (κ1) is 12.8. The standard InChI is InChI=1S/C17H15FN2/c1-11(19)12-6-7-16(18)15(9-12)14-8-13-4-2-3-5-17(13)20-10-14/h2-11H,19H2,1H3. The maximum absolute atomic E-state index is 14.1. The summed E-state index contributed by atoms with van der Waals surface area (Å²) in [4.78, 5) is 4.38. The van der Waals surface area contributed by atoms with Gasteiger partial charge in [0.25, 0.3) is 0 Å². The average molecular weight is 266 g/mol. The number of rotatable bonds is 2. The molecular weight excluding hydrogens is 251 g/mol. The molecule has 0 radical (unpaired) electrons. The zero-order valence-corrected chi connectivity index (χ0v) is 11.2. The number of hydrogen-bond donors (Lipinski definition) is 1. The van der Waals surface area contributed by atoms with Crippen LogP contribution in [0.15, 0.2) is 54.7 Å². The second-order valence-corrected chi connectivity index (χ2v) is 4.94. The summed E-state index contributed by atoms with van der Waals surface area (Å²) < 4.78 is 14.1. The predicted octanol–water partition coefficient (Wildman–Crippen LogP) is 4.06. The molecule has 0 saturated carbocycles. The Kier molecular flexibility index (Phi) is 3.20. The average Bonchev–Trinajstić information content (AvgIpc) is 2.47. The third-order valence-corrected chi connectivity index (χ3v) is 3.42. The van der Waals surface area contributed by atoms with Crippen LogP contribution in [0.5, 0.6) is 0 Å². The lowest BCUT2D eigenvalue weighted by Gasteiger charge is -2.10. The topological polar surface area (TPSA) is 38.9 Å². The third-order valence-electron chi connectivity index (χ3n) is 3.42. The number of aromatic nitrogens is 1. The number of hydrogen-bond acceptors (Lipinski definition) is 2. The van der Waals surface area contributed by atoms with Crippen molar-refractivity contribution in [1.29, 1.82) is 0 Å². The summed E-state index contributed by atoms with van der Waals surface area (Å²) in [5, 5.41) is 0.996. The van der Waals surface area contributed by atoms with Gasteiger partial charge in [0.2, 0.25) is 0 Å². The number of nitrogens with two attached hydrogens (primary N) is 1. The lowest BCUT2D eigenvalue weighted by molar-refractivity contribution is 0.629. The van der Waals surface area contributed by atoms with E-state index in [-0.39, 0.29) is 11.9 Å². The Morgan fingerprint density at radius 1 is 1.10 bits per heavy atom. The molecule has 0 aliphatic heterocycles. The summed E-state index contributed by atoms with van der Waals surface area (Å²) >= 11 is 0. The molecule has 2 N–H and O–H groups in total. The molecule has 1 atom stereocenters. The molecule has 0 fully saturated rings. The zero-order valence-electron chi connectivity index (χ0n) is 11.2. The summed E-state index contributed by atoms with van der Waals surface area (Å²) in [7, 11) is 0. The second kappa shape index (κ2) is 5.02. The molecule has 3 heteroatoms. The number of pyridine rings is 1. The molecule has 0 saturated heterocycles. The molecule has 2 aromatic carbocycles. The minimum atomic E-state index is -0.258. The molecule has 3 aromatic rings. The molecule has 1 aromatic heterocycles. The normalized spacial score (nSPS) is 12.6. The largest absolute Gasteiger partial charge is 0.324 e. The van der Waals surface area contributed by atoms with Crippen LogP contribution in [0, 0.1) is 5.82 Å². The Morgan fingerprint density at radius 2 is 1.90 bits per heavy atom. The molecule has 3 rings (SSSR count). The number of fused-ring (bicyclic) bond motifs is 1. The van der Waals surface area contributed by atoms with Crippen LogP contribution >= 0.6 is 0 Å². The van der Waals surface area contributed by atoms with Gasteiger partial charge in [0.05, 0.1) is 5.52 Å². The van der Waals surface area contributed by atoms with Crippen molar-refractivity contribution in [2.45, 2.75) is 13.0 Å². The van der Waals surface area contributed by atoms with E-state index in [9.17, 15) is 4.39 Å². The van der Waals surface area contributed by atoms with Crippen molar-refractivity contribution in [1.82, 2.24) is 4.98 Å². The van der Waals surface area contributed by atoms with Crippen molar-refractivity contribution in [3.05, 3.63) is 66.1 Å². The summed E-state index contributed by atoms with van der Waals surface area (Å²) in [5.74, 6) is -0.258. The van der Waals surface area contributed by atoms with E-state index in [1.54, 1.807) is 18.3 Å². The van der Waals surface area contributed by atoms with E-state index in [4.69, 9.17) is 5.73 Å². The van der Waals surface area contributed by atoms with Gasteiger partial charge >= 0.3 is 0 Å². The first-order valence-electron chi connectivity index (χ1n) is 6.55. The van der Waals surface area contributed by atoms with Crippen LogP contribution in [0.1, 0.15) is 18.5 Å². The minimum Gasteiger partial charge on any atom is -0.324 e. The highest BCUT2D eigenvalue weighted by molar-refractivity contribution is 5.83. The predicted molar refractivity (Wildman–Crippen MR) is 79.7 cm³/mol. The maximum Gasteiger partial charge on any atom is 0.131 e. The van der Waals surface area contributed by atoms with E-state index >= 15 is 0 Å². The number of benzene rings is 2.